The highest BCUT2D eigenvalue weighted by Crippen LogP contribution is 2.27. The van der Waals surface area contributed by atoms with Crippen LogP contribution in [0.4, 0.5) is 5.82 Å². The predicted molar refractivity (Wildman–Crippen MR) is 64.9 cm³/mol. The number of nitrogens with two attached hydrogens (primary N) is 1. The van der Waals surface area contributed by atoms with Gasteiger partial charge in [0, 0.05) is 19.3 Å². The first kappa shape index (κ1) is 11.2. The average Bonchev–Trinajstić information content (AvgIpc) is 2.83. The largest absolute Gasteiger partial charge is 0.490 e. The molecule has 1 aliphatic rings. The van der Waals surface area contributed by atoms with Crippen LogP contribution in [0.2, 0.25) is 0 Å². The summed E-state index contributed by atoms with van der Waals surface area (Å²) in [6, 6.07) is 3.90. The van der Waals surface area contributed by atoms with E-state index in [-0.39, 0.29) is 0 Å². The Bertz CT molecular complexity index is 324. The standard InChI is InChI=1S/C12H19N3O/c13-6-4-10-16-11-5-3-7-14-12(11)15-8-1-2-9-15/h3,5,7H,1-2,4,6,8-10,13H2. The van der Waals surface area contributed by atoms with E-state index in [1.165, 1.54) is 12.8 Å². The van der Waals surface area contributed by atoms with E-state index < -0.39 is 0 Å². The molecular weight excluding hydrogens is 202 g/mol. The molecular formula is C12H19N3O. The molecule has 0 aromatic carbocycles. The summed E-state index contributed by atoms with van der Waals surface area (Å²) >= 11 is 0. The van der Waals surface area contributed by atoms with Gasteiger partial charge in [0.25, 0.3) is 0 Å². The fourth-order valence-electron chi connectivity index (χ4n) is 1.93. The lowest BCUT2D eigenvalue weighted by molar-refractivity contribution is 0.312. The van der Waals surface area contributed by atoms with Gasteiger partial charge < -0.3 is 15.4 Å². The van der Waals surface area contributed by atoms with Crippen molar-refractivity contribution in [3.8, 4) is 5.75 Å². The summed E-state index contributed by atoms with van der Waals surface area (Å²) in [6.07, 6.45) is 5.20. The van der Waals surface area contributed by atoms with Crippen LogP contribution >= 0.6 is 0 Å². The van der Waals surface area contributed by atoms with Gasteiger partial charge in [0.05, 0.1) is 6.61 Å². The average molecular weight is 221 g/mol. The zero-order valence-electron chi connectivity index (χ0n) is 9.56. The van der Waals surface area contributed by atoms with Gasteiger partial charge in [-0.3, -0.25) is 0 Å². The van der Waals surface area contributed by atoms with Crippen molar-refractivity contribution in [2.45, 2.75) is 19.3 Å². The monoisotopic (exact) mass is 221 g/mol. The molecule has 1 aromatic heterocycles. The number of anilines is 1. The molecule has 0 amide bonds. The zero-order chi connectivity index (χ0) is 11.2. The van der Waals surface area contributed by atoms with Crippen molar-refractivity contribution in [1.29, 1.82) is 0 Å². The van der Waals surface area contributed by atoms with Crippen LogP contribution in [0.15, 0.2) is 18.3 Å². The van der Waals surface area contributed by atoms with Gasteiger partial charge in [0.2, 0.25) is 0 Å². The van der Waals surface area contributed by atoms with Crippen molar-refractivity contribution in [2.75, 3.05) is 31.1 Å². The molecule has 0 unspecified atom stereocenters. The quantitative estimate of drug-likeness (QED) is 0.764. The Morgan fingerprint density at radius 2 is 2.19 bits per heavy atom. The second-order valence-corrected chi connectivity index (χ2v) is 4.01. The fourth-order valence-corrected chi connectivity index (χ4v) is 1.93. The molecule has 0 aliphatic carbocycles. The second-order valence-electron chi connectivity index (χ2n) is 4.01. The number of hydrogen-bond acceptors (Lipinski definition) is 4. The minimum Gasteiger partial charge on any atom is -0.490 e. The second kappa shape index (κ2) is 5.70. The van der Waals surface area contributed by atoms with Crippen LogP contribution in [-0.4, -0.2) is 31.2 Å². The zero-order valence-corrected chi connectivity index (χ0v) is 9.56. The minimum absolute atomic E-state index is 0.666. The molecule has 2 N–H and O–H groups in total. The molecule has 1 saturated heterocycles. The Kier molecular flexibility index (Phi) is 3.99. The first-order valence-corrected chi connectivity index (χ1v) is 5.94. The number of pyridine rings is 1. The van der Waals surface area contributed by atoms with E-state index in [0.29, 0.717) is 13.2 Å². The number of hydrogen-bond donors (Lipinski definition) is 1. The third-order valence-corrected chi connectivity index (χ3v) is 2.76. The molecule has 1 aliphatic heterocycles. The van der Waals surface area contributed by atoms with E-state index in [1.54, 1.807) is 0 Å². The molecule has 2 heterocycles. The van der Waals surface area contributed by atoms with Gasteiger partial charge in [0.1, 0.15) is 0 Å². The Morgan fingerprint density at radius 1 is 1.38 bits per heavy atom. The van der Waals surface area contributed by atoms with Crippen LogP contribution in [0.25, 0.3) is 0 Å². The summed E-state index contributed by atoms with van der Waals surface area (Å²) in [4.78, 5) is 6.70. The first-order chi connectivity index (χ1) is 7.92. The van der Waals surface area contributed by atoms with Crippen molar-refractivity contribution in [2.24, 2.45) is 5.73 Å². The van der Waals surface area contributed by atoms with E-state index in [2.05, 4.69) is 9.88 Å². The SMILES string of the molecule is NCCCOc1cccnc1N1CCCC1. The predicted octanol–water partition coefficient (Wildman–Crippen LogP) is 1.41. The molecule has 0 spiro atoms. The maximum absolute atomic E-state index is 5.71. The highest BCUT2D eigenvalue weighted by atomic mass is 16.5. The summed E-state index contributed by atoms with van der Waals surface area (Å²) < 4.78 is 5.71. The van der Waals surface area contributed by atoms with E-state index in [0.717, 1.165) is 31.1 Å². The summed E-state index contributed by atoms with van der Waals surface area (Å²) in [6.45, 7) is 3.51. The molecule has 4 nitrogen and oxygen atoms in total. The highest BCUT2D eigenvalue weighted by Gasteiger charge is 2.17. The minimum atomic E-state index is 0.666. The van der Waals surface area contributed by atoms with Gasteiger partial charge in [0.15, 0.2) is 11.6 Å². The highest BCUT2D eigenvalue weighted by molar-refractivity contribution is 5.52. The Morgan fingerprint density at radius 3 is 2.94 bits per heavy atom. The van der Waals surface area contributed by atoms with E-state index in [4.69, 9.17) is 10.5 Å². The number of aromatic nitrogens is 1. The van der Waals surface area contributed by atoms with Crippen molar-refractivity contribution >= 4 is 5.82 Å². The molecule has 1 fully saturated rings. The smallest absolute Gasteiger partial charge is 0.171 e. The van der Waals surface area contributed by atoms with Crippen molar-refractivity contribution in [1.82, 2.24) is 4.98 Å². The van der Waals surface area contributed by atoms with Crippen molar-refractivity contribution < 1.29 is 4.74 Å². The lowest BCUT2D eigenvalue weighted by Crippen LogP contribution is -2.20. The number of ether oxygens (including phenoxy) is 1. The van der Waals surface area contributed by atoms with Crippen LogP contribution in [0.3, 0.4) is 0 Å². The van der Waals surface area contributed by atoms with E-state index in [1.807, 2.05) is 18.3 Å². The molecule has 0 atom stereocenters. The van der Waals surface area contributed by atoms with Gasteiger partial charge in [-0.05, 0) is 37.9 Å². The van der Waals surface area contributed by atoms with Crippen LogP contribution in [-0.2, 0) is 0 Å². The molecule has 16 heavy (non-hydrogen) atoms. The van der Waals surface area contributed by atoms with Gasteiger partial charge in [-0.2, -0.15) is 0 Å². The lowest BCUT2D eigenvalue weighted by Gasteiger charge is -2.19. The van der Waals surface area contributed by atoms with Crippen LogP contribution in [0.1, 0.15) is 19.3 Å². The number of rotatable bonds is 5. The summed E-state index contributed by atoms with van der Waals surface area (Å²) in [5.41, 5.74) is 5.45. The van der Waals surface area contributed by atoms with E-state index in [9.17, 15) is 0 Å². The van der Waals surface area contributed by atoms with Crippen LogP contribution in [0.5, 0.6) is 5.75 Å². The molecule has 4 heteroatoms. The Balaban J connectivity index is 2.04. The third-order valence-electron chi connectivity index (χ3n) is 2.76. The van der Waals surface area contributed by atoms with Gasteiger partial charge in [-0.25, -0.2) is 4.98 Å². The summed E-state index contributed by atoms with van der Waals surface area (Å²) in [5.74, 6) is 1.87. The maximum Gasteiger partial charge on any atom is 0.171 e. The van der Waals surface area contributed by atoms with Crippen LogP contribution in [0, 0.1) is 0 Å². The van der Waals surface area contributed by atoms with E-state index >= 15 is 0 Å². The topological polar surface area (TPSA) is 51.4 Å². The molecule has 88 valence electrons. The Hall–Kier alpha value is -1.29. The summed E-state index contributed by atoms with van der Waals surface area (Å²) in [5, 5.41) is 0. The fraction of sp³-hybridized carbons (Fsp3) is 0.583. The lowest BCUT2D eigenvalue weighted by atomic mass is 10.4. The van der Waals surface area contributed by atoms with Gasteiger partial charge >= 0.3 is 0 Å². The first-order valence-electron chi connectivity index (χ1n) is 5.94. The maximum atomic E-state index is 5.71. The Labute approximate surface area is 96.4 Å². The van der Waals surface area contributed by atoms with Crippen LogP contribution < -0.4 is 15.4 Å². The summed E-state index contributed by atoms with van der Waals surface area (Å²) in [7, 11) is 0. The van der Waals surface area contributed by atoms with Crippen molar-refractivity contribution in [3.05, 3.63) is 18.3 Å². The molecule has 2 rings (SSSR count). The third kappa shape index (κ3) is 2.64. The van der Waals surface area contributed by atoms with Gasteiger partial charge in [-0.1, -0.05) is 0 Å². The number of nitrogens with zero attached hydrogens (tertiary/aromatic N) is 2. The van der Waals surface area contributed by atoms with Gasteiger partial charge in [-0.15, -0.1) is 0 Å². The molecule has 1 aromatic rings. The molecule has 0 saturated carbocycles. The molecule has 0 bridgehead atoms. The normalized spacial score (nSPS) is 15.4. The van der Waals surface area contributed by atoms with Crippen molar-refractivity contribution in [3.63, 3.8) is 0 Å². The molecule has 0 radical (unpaired) electrons.